The van der Waals surface area contributed by atoms with Crippen molar-refractivity contribution < 1.29 is 14.3 Å². The Hall–Kier alpha value is -1.88. The second-order valence-corrected chi connectivity index (χ2v) is 8.96. The molecule has 0 aliphatic carbocycles. The average Bonchev–Trinajstić information content (AvgIpc) is 2.83. The van der Waals surface area contributed by atoms with Gasteiger partial charge in [-0.25, -0.2) is 4.79 Å². The van der Waals surface area contributed by atoms with Crippen LogP contribution in [-0.4, -0.2) is 35.0 Å². The molecule has 1 aliphatic rings. The Bertz CT molecular complexity index is 828. The van der Waals surface area contributed by atoms with Gasteiger partial charge >= 0.3 is 6.09 Å². The van der Waals surface area contributed by atoms with Crippen molar-refractivity contribution in [2.75, 3.05) is 20.2 Å². The molecule has 0 aromatic heterocycles. The summed E-state index contributed by atoms with van der Waals surface area (Å²) in [5.41, 5.74) is 4.38. The summed E-state index contributed by atoms with van der Waals surface area (Å²) in [6, 6.07) is 16.1. The number of hydrogen-bond acceptors (Lipinski definition) is 3. The van der Waals surface area contributed by atoms with E-state index >= 15 is 0 Å². The molecule has 0 saturated heterocycles. The number of nitrogens with zero attached hydrogens (tertiary/aromatic N) is 1. The van der Waals surface area contributed by atoms with Crippen molar-refractivity contribution in [1.29, 1.82) is 0 Å². The van der Waals surface area contributed by atoms with Crippen molar-refractivity contribution in [2.24, 2.45) is 0 Å². The highest BCUT2D eigenvalue weighted by molar-refractivity contribution is 6.67. The van der Waals surface area contributed by atoms with Crippen LogP contribution >= 0.6 is 34.8 Å². The van der Waals surface area contributed by atoms with Crippen molar-refractivity contribution >= 4 is 46.5 Å². The lowest BCUT2D eigenvalue weighted by Crippen LogP contribution is -2.30. The highest BCUT2D eigenvalue weighted by atomic mass is 35.6. The maximum absolute atomic E-state index is 12.0. The number of benzene rings is 2. The minimum absolute atomic E-state index is 0.292. The van der Waals surface area contributed by atoms with Crippen LogP contribution in [-0.2, 0) is 11.3 Å². The van der Waals surface area contributed by atoms with E-state index in [-0.39, 0.29) is 6.61 Å². The first-order valence-corrected chi connectivity index (χ1v) is 9.94. The van der Waals surface area contributed by atoms with E-state index in [4.69, 9.17) is 44.3 Å². The van der Waals surface area contributed by atoms with Crippen molar-refractivity contribution in [1.82, 2.24) is 4.90 Å². The summed E-state index contributed by atoms with van der Waals surface area (Å²) < 4.78 is 9.35. The lowest BCUT2D eigenvalue weighted by atomic mass is 9.93. The van der Waals surface area contributed by atoms with Gasteiger partial charge in [-0.1, -0.05) is 83.3 Å². The predicted molar refractivity (Wildman–Crippen MR) is 113 cm³/mol. The highest BCUT2D eigenvalue weighted by Crippen LogP contribution is 2.36. The molecule has 7 heteroatoms. The van der Waals surface area contributed by atoms with E-state index < -0.39 is 9.89 Å². The summed E-state index contributed by atoms with van der Waals surface area (Å²) in [5.74, 6) is 0.848. The summed E-state index contributed by atoms with van der Waals surface area (Å²) in [5, 5.41) is 0. The fourth-order valence-electron chi connectivity index (χ4n) is 2.99. The van der Waals surface area contributed by atoms with E-state index in [9.17, 15) is 4.79 Å². The minimum atomic E-state index is -1.62. The minimum Gasteiger partial charge on any atom is -0.488 e. The Balaban J connectivity index is 1.75. The van der Waals surface area contributed by atoms with Gasteiger partial charge in [0.25, 0.3) is 0 Å². The van der Waals surface area contributed by atoms with Crippen molar-refractivity contribution in [2.45, 2.75) is 16.8 Å². The van der Waals surface area contributed by atoms with E-state index in [0.717, 1.165) is 28.0 Å². The molecule has 0 radical (unpaired) electrons. The zero-order valence-corrected chi connectivity index (χ0v) is 17.6. The molecule has 28 heavy (non-hydrogen) atoms. The van der Waals surface area contributed by atoms with Crippen LogP contribution in [0.2, 0.25) is 0 Å². The third kappa shape index (κ3) is 5.34. The van der Waals surface area contributed by atoms with Gasteiger partial charge in [0.05, 0.1) is 0 Å². The maximum atomic E-state index is 12.0. The molecule has 0 spiro atoms. The average molecular weight is 441 g/mol. The van der Waals surface area contributed by atoms with Gasteiger partial charge in [0.1, 0.15) is 19.0 Å². The van der Waals surface area contributed by atoms with Crippen LogP contribution in [0.4, 0.5) is 4.79 Å². The fourth-order valence-corrected chi connectivity index (χ4v) is 3.16. The molecule has 3 rings (SSSR count). The largest absolute Gasteiger partial charge is 0.488 e. The molecule has 0 atom stereocenters. The van der Waals surface area contributed by atoms with Crippen LogP contribution in [0.15, 0.2) is 54.6 Å². The predicted octanol–water partition coefficient (Wildman–Crippen LogP) is 5.84. The Morgan fingerprint density at radius 1 is 1.14 bits per heavy atom. The van der Waals surface area contributed by atoms with Gasteiger partial charge in [0.15, 0.2) is 0 Å². The molecule has 148 valence electrons. The van der Waals surface area contributed by atoms with Crippen LogP contribution in [0.1, 0.15) is 23.1 Å². The smallest absolute Gasteiger partial charge is 0.409 e. The van der Waals surface area contributed by atoms with Crippen LogP contribution in [0, 0.1) is 0 Å². The fraction of sp³-hybridized carbons (Fsp3) is 0.286. The number of rotatable bonds is 4. The van der Waals surface area contributed by atoms with E-state index in [1.54, 1.807) is 7.05 Å². The van der Waals surface area contributed by atoms with Crippen molar-refractivity contribution in [3.05, 3.63) is 71.3 Å². The number of hydrogen-bond donors (Lipinski definition) is 0. The van der Waals surface area contributed by atoms with Crippen LogP contribution in [0.25, 0.3) is 5.57 Å². The summed E-state index contributed by atoms with van der Waals surface area (Å²) in [4.78, 5) is 13.5. The van der Waals surface area contributed by atoms with Gasteiger partial charge in [0, 0.05) is 19.2 Å². The molecule has 1 heterocycles. The first-order valence-electron chi connectivity index (χ1n) is 8.80. The topological polar surface area (TPSA) is 38.8 Å². The summed E-state index contributed by atoms with van der Waals surface area (Å²) in [6.45, 7) is 0.696. The van der Waals surface area contributed by atoms with E-state index in [1.807, 2.05) is 36.4 Å². The number of fused-ring (bicyclic) bond motifs is 2. The molecule has 1 aliphatic heterocycles. The molecular formula is C21H20Cl3NO3. The summed E-state index contributed by atoms with van der Waals surface area (Å²) in [6.07, 6.45) is 2.22. The van der Waals surface area contributed by atoms with Gasteiger partial charge in [0.2, 0.25) is 3.79 Å². The SMILES string of the molecule is CN(CCC=C1c2ccccc2COc2ccccc21)C(=O)OCC(Cl)(Cl)Cl. The monoisotopic (exact) mass is 439 g/mol. The lowest BCUT2D eigenvalue weighted by molar-refractivity contribution is 0.113. The van der Waals surface area contributed by atoms with Gasteiger partial charge < -0.3 is 14.4 Å². The Labute approximate surface area is 179 Å². The number of para-hydroxylation sites is 1. The quantitative estimate of drug-likeness (QED) is 0.561. The normalized spacial score (nSPS) is 14.5. The van der Waals surface area contributed by atoms with E-state index in [2.05, 4.69) is 18.2 Å². The third-order valence-electron chi connectivity index (χ3n) is 4.35. The number of amides is 1. The second kappa shape index (κ2) is 9.08. The number of halogens is 3. The van der Waals surface area contributed by atoms with E-state index in [1.165, 1.54) is 4.90 Å². The first kappa shape index (κ1) is 20.8. The second-order valence-electron chi connectivity index (χ2n) is 6.44. The number of alkyl halides is 3. The number of ether oxygens (including phenoxy) is 2. The number of carbonyl (C=O) groups excluding carboxylic acids is 1. The Morgan fingerprint density at radius 2 is 1.82 bits per heavy atom. The van der Waals surface area contributed by atoms with Crippen LogP contribution in [0.5, 0.6) is 5.75 Å². The van der Waals surface area contributed by atoms with E-state index in [0.29, 0.717) is 19.6 Å². The summed E-state index contributed by atoms with van der Waals surface area (Å²) in [7, 11) is 1.65. The molecule has 0 saturated carbocycles. The van der Waals surface area contributed by atoms with Crippen LogP contribution in [0.3, 0.4) is 0 Å². The third-order valence-corrected chi connectivity index (χ3v) is 4.68. The molecule has 2 aromatic carbocycles. The van der Waals surface area contributed by atoms with Crippen LogP contribution < -0.4 is 4.74 Å². The molecular weight excluding hydrogens is 421 g/mol. The van der Waals surface area contributed by atoms with Gasteiger partial charge in [-0.3, -0.25) is 0 Å². The molecule has 0 bridgehead atoms. The molecule has 0 N–H and O–H groups in total. The Morgan fingerprint density at radius 3 is 2.57 bits per heavy atom. The highest BCUT2D eigenvalue weighted by Gasteiger charge is 2.23. The summed E-state index contributed by atoms with van der Waals surface area (Å²) >= 11 is 16.8. The molecule has 0 fully saturated rings. The Kier molecular flexibility index (Phi) is 6.76. The number of carbonyl (C=O) groups is 1. The standard InChI is InChI=1S/C21H20Cl3NO3/c1-25(20(26)28-14-21(22,23)24)12-6-10-17-16-8-3-2-7-15(16)13-27-19-11-5-4-9-18(17)19/h2-5,7-11H,6,12-14H2,1H3. The first-order chi connectivity index (χ1) is 13.3. The van der Waals surface area contributed by atoms with Crippen molar-refractivity contribution in [3.8, 4) is 5.75 Å². The van der Waals surface area contributed by atoms with Crippen molar-refractivity contribution in [3.63, 3.8) is 0 Å². The zero-order chi connectivity index (χ0) is 20.1. The molecule has 2 aromatic rings. The molecule has 4 nitrogen and oxygen atoms in total. The molecule has 0 unspecified atom stereocenters. The lowest BCUT2D eigenvalue weighted by Gasteiger charge is -2.18. The van der Waals surface area contributed by atoms with Gasteiger partial charge in [-0.15, -0.1) is 0 Å². The maximum Gasteiger partial charge on any atom is 0.409 e. The van der Waals surface area contributed by atoms with Gasteiger partial charge in [-0.2, -0.15) is 0 Å². The van der Waals surface area contributed by atoms with Gasteiger partial charge in [-0.05, 0) is 29.2 Å². The zero-order valence-electron chi connectivity index (χ0n) is 15.3. The molecule has 1 amide bonds.